The normalized spacial score (nSPS) is 21.3. The number of amides is 3. The molecule has 3 heterocycles. The first-order valence-electron chi connectivity index (χ1n) is 25.9. The number of carboxylic acid groups (broad SMARTS) is 1. The average molecular weight is 1030 g/mol. The Bertz CT molecular complexity index is 2340. The summed E-state index contributed by atoms with van der Waals surface area (Å²) >= 11 is 6.51. The first-order chi connectivity index (χ1) is 34.3. The van der Waals surface area contributed by atoms with Gasteiger partial charge in [-0.15, -0.1) is 0 Å². The number of nitrogens with one attached hydrogen (secondary N) is 1. The smallest absolute Gasteiger partial charge is 0.410 e. The zero-order valence-corrected chi connectivity index (χ0v) is 45.9. The minimum atomic E-state index is -1.03. The van der Waals surface area contributed by atoms with E-state index >= 15 is 0 Å². The van der Waals surface area contributed by atoms with E-state index in [0.717, 1.165) is 83.5 Å². The Morgan fingerprint density at radius 1 is 0.877 bits per heavy atom. The van der Waals surface area contributed by atoms with Gasteiger partial charge in [-0.1, -0.05) is 51.3 Å². The Labute approximate surface area is 439 Å². The van der Waals surface area contributed by atoms with Crippen LogP contribution in [0.5, 0.6) is 5.75 Å². The standard InChI is InChI=1S/C56H81ClN8O8/c1-39(48(67)68)19-24-46(59-11)40(17-14-16-26-63-29-33-65(34-30-63)52(70)73-54(5,6)7)36-56(10)49(55(8,9)50(56)71-44-23-21-41(37-58)45(57)35-44)61-47(66)42-20-22-43(60-38-42)18-13-12-15-25-62-27-31-64(32-28-62)51(69)72-53(2,3)4/h19-24,35,38,40,49-50H,11-18,25-34,36H2,1-10H3,(H,61,66)(H,67,68)/b39-19+,46-24-/t40?,49-,50-,56?/m1/s1. The van der Waals surface area contributed by atoms with Gasteiger partial charge in [-0.2, -0.15) is 5.26 Å². The summed E-state index contributed by atoms with van der Waals surface area (Å²) in [5, 5.41) is 23.0. The molecular weight excluding hydrogens is 948 g/mol. The molecule has 3 fully saturated rings. The van der Waals surface area contributed by atoms with Crippen molar-refractivity contribution in [1.82, 2.24) is 29.9 Å². The maximum absolute atomic E-state index is 14.3. The summed E-state index contributed by atoms with van der Waals surface area (Å²) in [4.78, 5) is 68.8. The number of hydrogen-bond donors (Lipinski definition) is 2. The molecule has 1 aliphatic carbocycles. The van der Waals surface area contributed by atoms with Gasteiger partial charge in [0.1, 0.15) is 29.1 Å². The minimum absolute atomic E-state index is 0.161. The number of carbonyl (C=O) groups is 4. The van der Waals surface area contributed by atoms with Crippen LogP contribution in [-0.4, -0.2) is 149 Å². The second-order valence-electron chi connectivity index (χ2n) is 22.8. The number of carboxylic acids is 1. The molecule has 2 N–H and O–H groups in total. The van der Waals surface area contributed by atoms with E-state index in [-0.39, 0.29) is 34.6 Å². The fourth-order valence-corrected chi connectivity index (χ4v) is 10.7. The number of aryl methyl sites for hydroxylation is 1. The van der Waals surface area contributed by atoms with E-state index in [9.17, 15) is 29.5 Å². The number of halogens is 1. The van der Waals surface area contributed by atoms with Crippen molar-refractivity contribution in [3.05, 3.63) is 81.8 Å². The summed E-state index contributed by atoms with van der Waals surface area (Å²) < 4.78 is 18.0. The zero-order chi connectivity index (χ0) is 53.7. The molecule has 2 saturated heterocycles. The van der Waals surface area contributed by atoms with Crippen molar-refractivity contribution in [3.8, 4) is 11.8 Å². The highest BCUT2D eigenvalue weighted by atomic mass is 35.5. The molecule has 0 spiro atoms. The molecule has 400 valence electrons. The largest absolute Gasteiger partial charge is 0.489 e. The van der Waals surface area contributed by atoms with Gasteiger partial charge in [0.15, 0.2) is 0 Å². The highest BCUT2D eigenvalue weighted by Crippen LogP contribution is 2.59. The maximum Gasteiger partial charge on any atom is 0.410 e. The molecule has 1 saturated carbocycles. The van der Waals surface area contributed by atoms with Crippen molar-refractivity contribution in [1.29, 1.82) is 5.26 Å². The Morgan fingerprint density at radius 2 is 1.45 bits per heavy atom. The summed E-state index contributed by atoms with van der Waals surface area (Å²) in [6.45, 7) is 30.4. The van der Waals surface area contributed by atoms with Crippen LogP contribution in [0.15, 0.2) is 64.9 Å². The number of nitrogens with zero attached hydrogens (tertiary/aromatic N) is 7. The zero-order valence-electron chi connectivity index (χ0n) is 45.1. The molecular formula is C56H81ClN8O8. The number of carbonyl (C=O) groups excluding carboxylic acids is 3. The van der Waals surface area contributed by atoms with Crippen molar-refractivity contribution in [2.45, 2.75) is 144 Å². The molecule has 73 heavy (non-hydrogen) atoms. The first kappa shape index (κ1) is 58.4. The van der Waals surface area contributed by atoms with Crippen LogP contribution < -0.4 is 10.1 Å². The molecule has 1 aromatic carbocycles. The number of aliphatic carboxylic acids is 1. The van der Waals surface area contributed by atoms with Gasteiger partial charge in [0.05, 0.1) is 16.1 Å². The van der Waals surface area contributed by atoms with E-state index in [0.29, 0.717) is 61.6 Å². The van der Waals surface area contributed by atoms with Crippen LogP contribution in [0, 0.1) is 28.1 Å². The quantitative estimate of drug-likeness (QED) is 0.0522. The lowest BCUT2D eigenvalue weighted by Crippen LogP contribution is -2.76. The summed E-state index contributed by atoms with van der Waals surface area (Å²) in [5.41, 5.74) is 0.142. The summed E-state index contributed by atoms with van der Waals surface area (Å²) in [5.74, 6) is -0.991. The molecule has 16 nitrogen and oxygen atoms in total. The molecule has 2 aliphatic heterocycles. The lowest BCUT2D eigenvalue weighted by Gasteiger charge is -2.65. The monoisotopic (exact) mass is 1030 g/mol. The number of ether oxygens (including phenoxy) is 3. The molecule has 2 unspecified atom stereocenters. The molecule has 1 aromatic heterocycles. The number of benzene rings is 1. The number of aromatic nitrogens is 1. The molecule has 3 aliphatic rings. The number of pyridine rings is 1. The Morgan fingerprint density at radius 3 is 1.95 bits per heavy atom. The number of piperazine rings is 2. The van der Waals surface area contributed by atoms with Gasteiger partial charge in [-0.05, 0) is 137 Å². The van der Waals surface area contributed by atoms with Gasteiger partial charge in [0.25, 0.3) is 5.91 Å². The molecule has 0 bridgehead atoms. The van der Waals surface area contributed by atoms with E-state index < -0.39 is 40.1 Å². The van der Waals surface area contributed by atoms with E-state index in [1.807, 2.05) is 53.7 Å². The van der Waals surface area contributed by atoms with Crippen LogP contribution in [0.2, 0.25) is 5.02 Å². The van der Waals surface area contributed by atoms with Gasteiger partial charge in [-0.3, -0.25) is 24.6 Å². The highest BCUT2D eigenvalue weighted by molar-refractivity contribution is 6.31. The summed E-state index contributed by atoms with van der Waals surface area (Å²) in [6, 6.07) is 10.5. The second kappa shape index (κ2) is 25.6. The molecule has 17 heteroatoms. The number of rotatable bonds is 21. The molecule has 3 amide bonds. The van der Waals surface area contributed by atoms with Crippen molar-refractivity contribution >= 4 is 42.4 Å². The Balaban J connectivity index is 1.26. The Kier molecular flexibility index (Phi) is 20.5. The highest BCUT2D eigenvalue weighted by Gasteiger charge is 2.66. The maximum atomic E-state index is 14.3. The van der Waals surface area contributed by atoms with E-state index in [1.54, 1.807) is 46.3 Å². The van der Waals surface area contributed by atoms with Crippen LogP contribution in [0.1, 0.15) is 136 Å². The fourth-order valence-electron chi connectivity index (χ4n) is 10.5. The predicted molar refractivity (Wildman–Crippen MR) is 285 cm³/mol. The number of unbranched alkanes of at least 4 members (excludes halogenated alkanes) is 3. The van der Waals surface area contributed by atoms with Crippen LogP contribution >= 0.6 is 11.6 Å². The number of nitriles is 1. The number of hydrogen-bond acceptors (Lipinski definition) is 12. The van der Waals surface area contributed by atoms with E-state index in [4.69, 9.17) is 30.8 Å². The van der Waals surface area contributed by atoms with Crippen molar-refractivity contribution in [3.63, 3.8) is 0 Å². The fraction of sp³-hybridized carbons (Fsp3) is 0.625. The van der Waals surface area contributed by atoms with Crippen molar-refractivity contribution < 1.29 is 38.5 Å². The van der Waals surface area contributed by atoms with Gasteiger partial charge < -0.3 is 34.4 Å². The summed E-state index contributed by atoms with van der Waals surface area (Å²) in [6.07, 6.45) is 10.7. The van der Waals surface area contributed by atoms with Crippen LogP contribution in [0.4, 0.5) is 9.59 Å². The summed E-state index contributed by atoms with van der Waals surface area (Å²) in [7, 11) is 0. The van der Waals surface area contributed by atoms with E-state index in [1.165, 1.54) is 6.92 Å². The second-order valence-corrected chi connectivity index (χ2v) is 23.2. The van der Waals surface area contributed by atoms with Crippen LogP contribution in [-0.2, 0) is 20.7 Å². The lowest BCUT2D eigenvalue weighted by molar-refractivity contribution is -0.182. The number of aliphatic imine (C=N–C) groups is 1. The molecule has 0 radical (unpaired) electrons. The minimum Gasteiger partial charge on any atom is -0.489 e. The van der Waals surface area contributed by atoms with Crippen LogP contribution in [0.3, 0.4) is 0 Å². The SMILES string of the molecule is C=N/C(=C\C=C(/C)C(=O)O)C(CCCCN1CCN(C(=O)OC(C)(C)C)CC1)CC1(C)[C@H](NC(=O)c2ccc(CCCCCN3CCN(C(=O)OC(C)(C)C)CC3)nc2)C(C)(C)[C@H]1Oc1ccc(C#N)c(Cl)c1. The van der Waals surface area contributed by atoms with Crippen LogP contribution in [0.25, 0.3) is 0 Å². The molecule has 4 atom stereocenters. The lowest BCUT2D eigenvalue weighted by atomic mass is 9.46. The number of allylic oxidation sites excluding steroid dienone is 3. The third kappa shape index (κ3) is 16.8. The van der Waals surface area contributed by atoms with Gasteiger partial charge >= 0.3 is 18.2 Å². The van der Waals surface area contributed by atoms with Crippen molar-refractivity contribution in [2.75, 3.05) is 65.4 Å². The van der Waals surface area contributed by atoms with E-state index in [2.05, 4.69) is 53.7 Å². The van der Waals surface area contributed by atoms with Crippen molar-refractivity contribution in [2.24, 2.45) is 21.7 Å². The topological polar surface area (TPSA) is 190 Å². The van der Waals surface area contributed by atoms with Gasteiger partial charge in [-0.25, -0.2) is 14.4 Å². The third-order valence-corrected chi connectivity index (χ3v) is 14.5. The van der Waals surface area contributed by atoms with Gasteiger partial charge in [0, 0.05) is 104 Å². The Hall–Kier alpha value is -5.50. The van der Waals surface area contributed by atoms with Gasteiger partial charge in [0.2, 0.25) is 0 Å². The average Bonchev–Trinajstić information content (AvgIpc) is 3.33. The predicted octanol–water partition coefficient (Wildman–Crippen LogP) is 9.81. The molecule has 2 aromatic rings. The molecule has 5 rings (SSSR count). The third-order valence-electron chi connectivity index (χ3n) is 14.2. The first-order valence-corrected chi connectivity index (χ1v) is 26.3.